The molecule has 3 heterocycles. The van der Waals surface area contributed by atoms with Crippen LogP contribution in [-0.4, -0.2) is 67.2 Å². The fourth-order valence-corrected chi connectivity index (χ4v) is 5.07. The Morgan fingerprint density at radius 2 is 1.82 bits per heavy atom. The zero-order valence-electron chi connectivity index (χ0n) is 19.8. The Balaban J connectivity index is 1.47. The molecule has 180 valence electrons. The molecular weight excluding hydrogens is 427 g/mol. The smallest absolute Gasteiger partial charge is 0.410 e. The number of anilines is 2. The van der Waals surface area contributed by atoms with Gasteiger partial charge in [-0.2, -0.15) is 0 Å². The third-order valence-corrected chi connectivity index (χ3v) is 6.72. The number of nitrogens with one attached hydrogen (secondary N) is 1. The van der Waals surface area contributed by atoms with Crippen LogP contribution in [0.1, 0.15) is 52.0 Å². The molecule has 3 aliphatic heterocycles. The number of imide groups is 1. The van der Waals surface area contributed by atoms with Crippen LogP contribution in [0, 0.1) is 5.82 Å². The highest BCUT2D eigenvalue weighted by Crippen LogP contribution is 2.40. The number of rotatable bonds is 3. The van der Waals surface area contributed by atoms with Crippen molar-refractivity contribution in [3.63, 3.8) is 0 Å². The fourth-order valence-electron chi connectivity index (χ4n) is 5.07. The number of piperidine rings is 2. The number of halogens is 1. The first-order valence-corrected chi connectivity index (χ1v) is 11.7. The molecule has 2 fully saturated rings. The third-order valence-electron chi connectivity index (χ3n) is 6.72. The van der Waals surface area contributed by atoms with Gasteiger partial charge in [0.25, 0.3) is 0 Å². The molecule has 0 saturated carbocycles. The zero-order valence-corrected chi connectivity index (χ0v) is 19.8. The van der Waals surface area contributed by atoms with Crippen molar-refractivity contribution in [2.45, 2.75) is 70.6 Å². The molecule has 4 rings (SSSR count). The highest BCUT2D eigenvalue weighted by atomic mass is 19.1. The summed E-state index contributed by atoms with van der Waals surface area (Å²) in [5.41, 5.74) is 1.84. The van der Waals surface area contributed by atoms with Gasteiger partial charge < -0.3 is 19.4 Å². The standard InChI is InChI=1S/C24H33FN4O4/c1-24(2,3)33-23(32)27(4)15-9-12-28(13-10-15)21-16-11-14-29(18(16)6-5-17(21)25)19-7-8-20(30)26-22(19)31/h5-6,15,19H,7-14H2,1-4H3,(H,26,30,31)/t19-/m0/s1. The first kappa shape index (κ1) is 23.3. The predicted octanol–water partition coefficient (Wildman–Crippen LogP) is 2.83. The Bertz CT molecular complexity index is 953. The summed E-state index contributed by atoms with van der Waals surface area (Å²) in [6.45, 7) is 7.41. The Labute approximate surface area is 194 Å². The van der Waals surface area contributed by atoms with Gasteiger partial charge in [0.05, 0.1) is 5.69 Å². The number of fused-ring (bicyclic) bond motifs is 1. The maximum atomic E-state index is 15.0. The minimum Gasteiger partial charge on any atom is -0.444 e. The molecule has 1 aromatic rings. The van der Waals surface area contributed by atoms with Crippen LogP contribution >= 0.6 is 0 Å². The van der Waals surface area contributed by atoms with Crippen molar-refractivity contribution in [3.8, 4) is 0 Å². The van der Waals surface area contributed by atoms with E-state index in [1.807, 2.05) is 25.7 Å². The van der Waals surface area contributed by atoms with E-state index in [-0.39, 0.29) is 29.8 Å². The van der Waals surface area contributed by atoms with Crippen LogP contribution in [0.4, 0.5) is 20.6 Å². The van der Waals surface area contributed by atoms with Gasteiger partial charge in [0, 0.05) is 50.4 Å². The Hall–Kier alpha value is -2.84. The van der Waals surface area contributed by atoms with Crippen LogP contribution in [0.25, 0.3) is 0 Å². The van der Waals surface area contributed by atoms with E-state index >= 15 is 4.39 Å². The molecule has 3 aliphatic rings. The van der Waals surface area contributed by atoms with Crippen molar-refractivity contribution in [2.75, 3.05) is 36.5 Å². The Kier molecular flexibility index (Phi) is 6.24. The molecule has 2 saturated heterocycles. The molecule has 0 radical (unpaired) electrons. The van der Waals surface area contributed by atoms with E-state index in [0.717, 1.165) is 24.1 Å². The molecule has 0 spiro atoms. The SMILES string of the molecule is CN(C(=O)OC(C)(C)C)C1CCN(c2c(F)ccc3c2CCN3[C@H]2CCC(=O)NC2=O)CC1. The molecule has 8 nitrogen and oxygen atoms in total. The van der Waals surface area contributed by atoms with Crippen LogP contribution in [0.5, 0.6) is 0 Å². The minimum atomic E-state index is -0.547. The average molecular weight is 461 g/mol. The molecule has 0 aromatic heterocycles. The van der Waals surface area contributed by atoms with Gasteiger partial charge in [-0.15, -0.1) is 0 Å². The monoisotopic (exact) mass is 460 g/mol. The van der Waals surface area contributed by atoms with Crippen LogP contribution < -0.4 is 15.1 Å². The van der Waals surface area contributed by atoms with Crippen LogP contribution in [0.15, 0.2) is 12.1 Å². The second kappa shape index (κ2) is 8.83. The Morgan fingerprint density at radius 3 is 2.45 bits per heavy atom. The van der Waals surface area contributed by atoms with Gasteiger partial charge >= 0.3 is 6.09 Å². The van der Waals surface area contributed by atoms with Crippen molar-refractivity contribution in [2.24, 2.45) is 0 Å². The van der Waals surface area contributed by atoms with E-state index < -0.39 is 11.6 Å². The molecule has 33 heavy (non-hydrogen) atoms. The molecule has 1 N–H and O–H groups in total. The molecule has 0 aliphatic carbocycles. The molecule has 3 amide bonds. The molecule has 9 heteroatoms. The number of hydrogen-bond acceptors (Lipinski definition) is 6. The third kappa shape index (κ3) is 4.77. The maximum Gasteiger partial charge on any atom is 0.410 e. The predicted molar refractivity (Wildman–Crippen MR) is 123 cm³/mol. The van der Waals surface area contributed by atoms with E-state index in [0.29, 0.717) is 44.6 Å². The van der Waals surface area contributed by atoms with E-state index in [1.54, 1.807) is 18.0 Å². The Morgan fingerprint density at radius 1 is 1.12 bits per heavy atom. The number of carbonyl (C=O) groups is 3. The maximum absolute atomic E-state index is 15.0. The van der Waals surface area contributed by atoms with Crippen molar-refractivity contribution in [1.29, 1.82) is 0 Å². The molecule has 1 atom stereocenters. The summed E-state index contributed by atoms with van der Waals surface area (Å²) in [5.74, 6) is -0.788. The van der Waals surface area contributed by atoms with Gasteiger partial charge in [-0.3, -0.25) is 14.9 Å². The van der Waals surface area contributed by atoms with Crippen molar-refractivity contribution < 1.29 is 23.5 Å². The number of carbonyl (C=O) groups excluding carboxylic acids is 3. The largest absolute Gasteiger partial charge is 0.444 e. The van der Waals surface area contributed by atoms with Gasteiger partial charge in [-0.1, -0.05) is 0 Å². The molecular formula is C24H33FN4O4. The van der Waals surface area contributed by atoms with Crippen molar-refractivity contribution in [1.82, 2.24) is 10.2 Å². The fraction of sp³-hybridized carbons (Fsp3) is 0.625. The van der Waals surface area contributed by atoms with Gasteiger partial charge in [-0.05, 0) is 58.6 Å². The summed E-state index contributed by atoms with van der Waals surface area (Å²) in [6, 6.07) is 2.84. The van der Waals surface area contributed by atoms with Crippen LogP contribution in [0.3, 0.4) is 0 Å². The lowest BCUT2D eigenvalue weighted by Gasteiger charge is -2.39. The molecule has 1 aromatic carbocycles. The first-order chi connectivity index (χ1) is 15.5. The van der Waals surface area contributed by atoms with E-state index in [4.69, 9.17) is 4.74 Å². The number of amides is 3. The lowest BCUT2D eigenvalue weighted by Crippen LogP contribution is -2.52. The normalized spacial score (nSPS) is 21.7. The zero-order chi connectivity index (χ0) is 23.9. The summed E-state index contributed by atoms with van der Waals surface area (Å²) >= 11 is 0. The summed E-state index contributed by atoms with van der Waals surface area (Å²) in [4.78, 5) is 42.1. The summed E-state index contributed by atoms with van der Waals surface area (Å²) in [6.07, 6.45) is 2.53. The lowest BCUT2D eigenvalue weighted by atomic mass is 10.0. The van der Waals surface area contributed by atoms with Crippen molar-refractivity contribution >= 4 is 29.3 Å². The van der Waals surface area contributed by atoms with Gasteiger partial charge in [0.15, 0.2) is 0 Å². The summed E-state index contributed by atoms with van der Waals surface area (Å²) in [7, 11) is 1.76. The summed E-state index contributed by atoms with van der Waals surface area (Å²) < 4.78 is 20.5. The highest BCUT2D eigenvalue weighted by Gasteiger charge is 2.37. The summed E-state index contributed by atoms with van der Waals surface area (Å²) in [5, 5.41) is 2.42. The minimum absolute atomic E-state index is 0.0379. The number of hydrogen-bond donors (Lipinski definition) is 1. The molecule has 0 bridgehead atoms. The van der Waals surface area contributed by atoms with E-state index in [9.17, 15) is 14.4 Å². The van der Waals surface area contributed by atoms with Crippen molar-refractivity contribution in [3.05, 3.63) is 23.5 Å². The van der Waals surface area contributed by atoms with E-state index in [2.05, 4.69) is 10.2 Å². The van der Waals surface area contributed by atoms with Crippen LogP contribution in [0.2, 0.25) is 0 Å². The number of ether oxygens (including phenoxy) is 1. The van der Waals surface area contributed by atoms with Gasteiger partial charge in [-0.25, -0.2) is 9.18 Å². The first-order valence-electron chi connectivity index (χ1n) is 11.7. The second-order valence-corrected chi connectivity index (χ2v) is 10.1. The van der Waals surface area contributed by atoms with E-state index in [1.165, 1.54) is 6.07 Å². The highest BCUT2D eigenvalue weighted by molar-refractivity contribution is 6.02. The lowest BCUT2D eigenvalue weighted by molar-refractivity contribution is -0.134. The van der Waals surface area contributed by atoms with Gasteiger partial charge in [0.2, 0.25) is 11.8 Å². The number of benzene rings is 1. The topological polar surface area (TPSA) is 82.2 Å². The van der Waals surface area contributed by atoms with Crippen LogP contribution in [-0.2, 0) is 20.7 Å². The van der Waals surface area contributed by atoms with Gasteiger partial charge in [0.1, 0.15) is 17.5 Å². The molecule has 0 unspecified atom stereocenters. The quantitative estimate of drug-likeness (QED) is 0.699. The second-order valence-electron chi connectivity index (χ2n) is 10.1. The average Bonchev–Trinajstić information content (AvgIpc) is 3.16. The number of nitrogens with zero attached hydrogens (tertiary/aromatic N) is 3.